The summed E-state index contributed by atoms with van der Waals surface area (Å²) in [6, 6.07) is 11.1. The van der Waals surface area contributed by atoms with Gasteiger partial charge in [-0.05, 0) is 41.8 Å². The molecule has 0 aromatic heterocycles. The molecule has 2 rings (SSSR count). The monoisotopic (exact) mass is 331 g/mol. The van der Waals surface area contributed by atoms with Crippen molar-refractivity contribution in [2.75, 3.05) is 0 Å². The van der Waals surface area contributed by atoms with Crippen LogP contribution >= 0.6 is 23.2 Å². The maximum absolute atomic E-state index is 12.2. The van der Waals surface area contributed by atoms with Crippen LogP contribution in [0, 0.1) is 0 Å². The highest BCUT2D eigenvalue weighted by atomic mass is 35.5. The van der Waals surface area contributed by atoms with Crippen LogP contribution < -0.4 is 10.5 Å². The zero-order valence-corrected chi connectivity index (χ0v) is 12.4. The first-order chi connectivity index (χ1) is 9.95. The second-order valence-electron chi connectivity index (χ2n) is 4.50. The van der Waals surface area contributed by atoms with Crippen molar-refractivity contribution in [2.24, 2.45) is 5.73 Å². The van der Waals surface area contributed by atoms with Crippen molar-refractivity contribution in [1.29, 1.82) is 0 Å². The van der Waals surface area contributed by atoms with Crippen molar-refractivity contribution in [2.45, 2.75) is 19.1 Å². The quantitative estimate of drug-likeness (QED) is 0.850. The summed E-state index contributed by atoms with van der Waals surface area (Å²) in [5.41, 5.74) is 7.63. The van der Waals surface area contributed by atoms with Gasteiger partial charge in [-0.15, -0.1) is 0 Å². The van der Waals surface area contributed by atoms with Crippen molar-refractivity contribution < 1.29 is 13.5 Å². The summed E-state index contributed by atoms with van der Waals surface area (Å²) in [6.45, 7) is -2.86. The van der Waals surface area contributed by atoms with Gasteiger partial charge < -0.3 is 10.5 Å². The molecule has 0 spiro atoms. The van der Waals surface area contributed by atoms with Crippen LogP contribution in [0.25, 0.3) is 0 Å². The minimum Gasteiger partial charge on any atom is -0.435 e. The highest BCUT2D eigenvalue weighted by Crippen LogP contribution is 2.26. The molecular weight excluding hydrogens is 319 g/mol. The fourth-order valence-corrected chi connectivity index (χ4v) is 2.45. The van der Waals surface area contributed by atoms with Crippen molar-refractivity contribution >= 4 is 23.2 Å². The average Bonchev–Trinajstić information content (AvgIpc) is 2.41. The zero-order chi connectivity index (χ0) is 15.4. The molecule has 0 heterocycles. The maximum Gasteiger partial charge on any atom is 0.387 e. The molecule has 0 radical (unpaired) electrons. The molecule has 2 aromatic carbocycles. The first-order valence-corrected chi connectivity index (χ1v) is 6.95. The van der Waals surface area contributed by atoms with E-state index in [1.165, 1.54) is 12.1 Å². The lowest BCUT2D eigenvalue weighted by atomic mass is 9.99. The van der Waals surface area contributed by atoms with Crippen LogP contribution in [0.15, 0.2) is 42.5 Å². The molecule has 0 fully saturated rings. The number of halogens is 4. The summed E-state index contributed by atoms with van der Waals surface area (Å²) in [7, 11) is 0. The molecule has 0 aliphatic heterocycles. The third-order valence-corrected chi connectivity index (χ3v) is 3.55. The van der Waals surface area contributed by atoms with Gasteiger partial charge in [0, 0.05) is 16.1 Å². The summed E-state index contributed by atoms with van der Waals surface area (Å²) >= 11 is 11.9. The molecule has 0 saturated heterocycles. The van der Waals surface area contributed by atoms with Crippen molar-refractivity contribution in [1.82, 2.24) is 0 Å². The second-order valence-corrected chi connectivity index (χ2v) is 5.34. The molecule has 2 N–H and O–H groups in total. The van der Waals surface area contributed by atoms with E-state index in [0.717, 1.165) is 5.56 Å². The highest BCUT2D eigenvalue weighted by molar-refractivity contribution is 6.35. The Hall–Kier alpha value is -1.36. The number of nitrogens with two attached hydrogens (primary N) is 1. The standard InChI is InChI=1S/C15H13Cl2F2NO/c16-11-5-4-9(13(17)8-11)7-14(20)10-2-1-3-12(6-10)21-15(18)19/h1-6,8,14-15H,7,20H2. The van der Waals surface area contributed by atoms with Crippen LogP contribution in [0.4, 0.5) is 8.78 Å². The van der Waals surface area contributed by atoms with Gasteiger partial charge in [0.25, 0.3) is 0 Å². The first-order valence-electron chi connectivity index (χ1n) is 6.20. The Morgan fingerprint density at radius 3 is 2.52 bits per heavy atom. The predicted molar refractivity (Wildman–Crippen MR) is 80.2 cm³/mol. The fraction of sp³-hybridized carbons (Fsp3) is 0.200. The first kappa shape index (κ1) is 16.0. The van der Waals surface area contributed by atoms with Gasteiger partial charge in [0.1, 0.15) is 5.75 Å². The van der Waals surface area contributed by atoms with E-state index in [0.29, 0.717) is 22.0 Å². The van der Waals surface area contributed by atoms with Crippen LogP contribution in [-0.4, -0.2) is 6.61 Å². The Labute approximate surface area is 131 Å². The topological polar surface area (TPSA) is 35.2 Å². The Morgan fingerprint density at radius 2 is 1.86 bits per heavy atom. The lowest BCUT2D eigenvalue weighted by molar-refractivity contribution is -0.0498. The number of alkyl halides is 2. The summed E-state index contributed by atoms with van der Waals surface area (Å²) in [5, 5.41) is 1.07. The number of benzene rings is 2. The van der Waals surface area contributed by atoms with Crippen LogP contribution in [0.1, 0.15) is 17.2 Å². The van der Waals surface area contributed by atoms with E-state index in [-0.39, 0.29) is 11.8 Å². The van der Waals surface area contributed by atoms with Gasteiger partial charge in [0.15, 0.2) is 0 Å². The van der Waals surface area contributed by atoms with Gasteiger partial charge in [0.2, 0.25) is 0 Å². The van der Waals surface area contributed by atoms with Crippen molar-refractivity contribution in [3.63, 3.8) is 0 Å². The minimum atomic E-state index is -2.86. The SMILES string of the molecule is NC(Cc1ccc(Cl)cc1Cl)c1cccc(OC(F)F)c1. The molecule has 1 atom stereocenters. The Balaban J connectivity index is 2.14. The van der Waals surface area contributed by atoms with Crippen molar-refractivity contribution in [3.05, 3.63) is 63.6 Å². The summed E-state index contributed by atoms with van der Waals surface area (Å²) in [6.07, 6.45) is 0.466. The predicted octanol–water partition coefficient (Wildman–Crippen LogP) is 4.84. The normalized spacial score (nSPS) is 12.5. The third-order valence-electron chi connectivity index (χ3n) is 2.97. The number of hydrogen-bond acceptors (Lipinski definition) is 2. The fourth-order valence-electron chi connectivity index (χ4n) is 1.96. The number of rotatable bonds is 5. The van der Waals surface area contributed by atoms with Crippen LogP contribution in [0.3, 0.4) is 0 Å². The molecule has 0 amide bonds. The third kappa shape index (κ3) is 4.56. The average molecular weight is 332 g/mol. The van der Waals surface area contributed by atoms with Crippen LogP contribution in [0.5, 0.6) is 5.75 Å². The van der Waals surface area contributed by atoms with Crippen LogP contribution in [-0.2, 0) is 6.42 Å². The molecule has 0 aliphatic carbocycles. The molecule has 2 nitrogen and oxygen atoms in total. The van der Waals surface area contributed by atoms with E-state index in [9.17, 15) is 8.78 Å². The van der Waals surface area contributed by atoms with E-state index in [1.807, 2.05) is 0 Å². The Morgan fingerprint density at radius 1 is 1.10 bits per heavy atom. The van der Waals surface area contributed by atoms with Gasteiger partial charge in [-0.25, -0.2) is 0 Å². The molecule has 0 aliphatic rings. The molecular formula is C15H13Cl2F2NO. The molecule has 112 valence electrons. The lowest BCUT2D eigenvalue weighted by Crippen LogP contribution is -2.14. The largest absolute Gasteiger partial charge is 0.435 e. The summed E-state index contributed by atoms with van der Waals surface area (Å²) < 4.78 is 28.8. The number of ether oxygens (including phenoxy) is 1. The van der Waals surface area contributed by atoms with E-state index < -0.39 is 6.61 Å². The maximum atomic E-state index is 12.2. The second kappa shape index (κ2) is 7.07. The van der Waals surface area contributed by atoms with E-state index in [1.54, 1.807) is 30.3 Å². The van der Waals surface area contributed by atoms with Gasteiger partial charge >= 0.3 is 6.61 Å². The van der Waals surface area contributed by atoms with Crippen molar-refractivity contribution in [3.8, 4) is 5.75 Å². The molecule has 6 heteroatoms. The van der Waals surface area contributed by atoms with Crippen LogP contribution in [0.2, 0.25) is 10.0 Å². The number of hydrogen-bond donors (Lipinski definition) is 1. The smallest absolute Gasteiger partial charge is 0.387 e. The molecule has 0 saturated carbocycles. The Bertz CT molecular complexity index is 622. The highest BCUT2D eigenvalue weighted by Gasteiger charge is 2.12. The van der Waals surface area contributed by atoms with E-state index >= 15 is 0 Å². The van der Waals surface area contributed by atoms with E-state index in [2.05, 4.69) is 4.74 Å². The van der Waals surface area contributed by atoms with Gasteiger partial charge in [0.05, 0.1) is 0 Å². The van der Waals surface area contributed by atoms with Gasteiger partial charge in [-0.3, -0.25) is 0 Å². The Kier molecular flexibility index (Phi) is 5.39. The van der Waals surface area contributed by atoms with Gasteiger partial charge in [-0.1, -0.05) is 41.4 Å². The lowest BCUT2D eigenvalue weighted by Gasteiger charge is -2.14. The summed E-state index contributed by atoms with van der Waals surface area (Å²) in [5.74, 6) is 0.0835. The van der Waals surface area contributed by atoms with Gasteiger partial charge in [-0.2, -0.15) is 8.78 Å². The zero-order valence-electron chi connectivity index (χ0n) is 10.9. The molecule has 1 unspecified atom stereocenters. The molecule has 21 heavy (non-hydrogen) atoms. The van der Waals surface area contributed by atoms with E-state index in [4.69, 9.17) is 28.9 Å². The molecule has 0 bridgehead atoms. The summed E-state index contributed by atoms with van der Waals surface area (Å²) in [4.78, 5) is 0. The molecule has 2 aromatic rings. The minimum absolute atomic E-state index is 0.0835.